The molecule has 2 aromatic carbocycles. The zero-order valence-electron chi connectivity index (χ0n) is 15.4. The van der Waals surface area contributed by atoms with E-state index >= 15 is 0 Å². The Bertz CT molecular complexity index is 1280. The number of fused-ring (bicyclic) bond motifs is 6. The number of carbonyl (C=O) groups excluding carboxylic acids is 2. The molecule has 28 heavy (non-hydrogen) atoms. The zero-order valence-corrected chi connectivity index (χ0v) is 15.4. The van der Waals surface area contributed by atoms with E-state index in [1.807, 2.05) is 18.2 Å². The van der Waals surface area contributed by atoms with Crippen LogP contribution in [0.25, 0.3) is 22.0 Å². The van der Waals surface area contributed by atoms with Gasteiger partial charge in [0.25, 0.3) is 0 Å². The minimum absolute atomic E-state index is 0.115. The average molecular weight is 369 g/mol. The smallest absolute Gasteiger partial charge is 0.229 e. The topological polar surface area (TPSA) is 52.2 Å². The van der Waals surface area contributed by atoms with Gasteiger partial charge in [0.05, 0.1) is 16.5 Å². The van der Waals surface area contributed by atoms with Crippen LogP contribution in [0.4, 0.5) is 0 Å². The molecule has 4 nitrogen and oxygen atoms in total. The molecule has 0 saturated heterocycles. The summed E-state index contributed by atoms with van der Waals surface area (Å²) in [5.41, 5.74) is 3.10. The highest BCUT2D eigenvalue weighted by atomic mass is 16.4. The Balaban J connectivity index is 1.71. The Kier molecular flexibility index (Phi) is 3.22. The Labute approximate surface area is 161 Å². The SMILES string of the molecule is O=C1c2ccccc2C(=O)c2c1oc1c2c2ccccc2n1C1CCCCC1. The molecule has 2 aliphatic rings. The van der Waals surface area contributed by atoms with Gasteiger partial charge in [0, 0.05) is 22.6 Å². The number of hydrogen-bond acceptors (Lipinski definition) is 3. The lowest BCUT2D eigenvalue weighted by molar-refractivity contribution is 0.0961. The van der Waals surface area contributed by atoms with Crippen LogP contribution in [0.1, 0.15) is 70.2 Å². The van der Waals surface area contributed by atoms with Gasteiger partial charge in [-0.05, 0) is 18.9 Å². The monoisotopic (exact) mass is 369 g/mol. The van der Waals surface area contributed by atoms with Gasteiger partial charge in [-0.3, -0.25) is 9.59 Å². The predicted octanol–water partition coefficient (Wildman–Crippen LogP) is 5.67. The van der Waals surface area contributed by atoms with Crippen LogP contribution < -0.4 is 0 Å². The zero-order chi connectivity index (χ0) is 18.8. The van der Waals surface area contributed by atoms with Crippen LogP contribution in [0.5, 0.6) is 0 Å². The summed E-state index contributed by atoms with van der Waals surface area (Å²) in [7, 11) is 0. The minimum Gasteiger partial charge on any atom is -0.435 e. The summed E-state index contributed by atoms with van der Waals surface area (Å²) < 4.78 is 8.44. The molecule has 0 aliphatic heterocycles. The van der Waals surface area contributed by atoms with Crippen LogP contribution in [0, 0.1) is 0 Å². The molecule has 0 atom stereocenters. The third-order valence-electron chi connectivity index (χ3n) is 6.33. The number of hydrogen-bond donors (Lipinski definition) is 0. The minimum atomic E-state index is -0.194. The average Bonchev–Trinajstić information content (AvgIpc) is 3.28. The van der Waals surface area contributed by atoms with E-state index in [9.17, 15) is 9.59 Å². The normalized spacial score (nSPS) is 17.3. The maximum absolute atomic E-state index is 13.3. The second kappa shape index (κ2) is 5.68. The lowest BCUT2D eigenvalue weighted by Crippen LogP contribution is -2.19. The van der Waals surface area contributed by atoms with Crippen molar-refractivity contribution in [2.24, 2.45) is 0 Å². The molecule has 4 aromatic rings. The second-order valence-electron chi connectivity index (χ2n) is 7.87. The molecule has 2 aliphatic carbocycles. The van der Waals surface area contributed by atoms with Crippen LogP contribution in [-0.2, 0) is 0 Å². The molecule has 0 N–H and O–H groups in total. The fraction of sp³-hybridized carbons (Fsp3) is 0.250. The maximum Gasteiger partial charge on any atom is 0.229 e. The standard InChI is InChI=1S/C24H19NO3/c26-21-15-10-4-5-11-16(15)22(27)23-20(21)19-17-12-6-7-13-18(17)25(24(19)28-23)14-8-2-1-3-9-14/h4-7,10-14H,1-3,8-9H2. The first-order chi connectivity index (χ1) is 13.8. The number of furan rings is 1. The van der Waals surface area contributed by atoms with Gasteiger partial charge in [0.2, 0.25) is 11.5 Å². The highest BCUT2D eigenvalue weighted by molar-refractivity contribution is 6.33. The van der Waals surface area contributed by atoms with Crippen molar-refractivity contribution in [1.29, 1.82) is 0 Å². The summed E-state index contributed by atoms with van der Waals surface area (Å²) in [6.07, 6.45) is 5.85. The molecule has 1 saturated carbocycles. The van der Waals surface area contributed by atoms with Crippen LogP contribution in [-0.4, -0.2) is 16.1 Å². The molecule has 0 radical (unpaired) electrons. The van der Waals surface area contributed by atoms with E-state index in [2.05, 4.69) is 10.6 Å². The second-order valence-corrected chi connectivity index (χ2v) is 7.87. The van der Waals surface area contributed by atoms with Gasteiger partial charge in [0.1, 0.15) is 0 Å². The molecule has 4 heteroatoms. The van der Waals surface area contributed by atoms with Crippen molar-refractivity contribution in [2.75, 3.05) is 0 Å². The quantitative estimate of drug-likeness (QED) is 0.383. The van der Waals surface area contributed by atoms with Gasteiger partial charge in [-0.1, -0.05) is 61.7 Å². The Morgan fingerprint density at radius 2 is 1.50 bits per heavy atom. The molecule has 0 bridgehead atoms. The molecule has 0 spiro atoms. The maximum atomic E-state index is 13.3. The number of aromatic nitrogens is 1. The predicted molar refractivity (Wildman–Crippen MR) is 107 cm³/mol. The van der Waals surface area contributed by atoms with Crippen molar-refractivity contribution in [2.45, 2.75) is 38.1 Å². The van der Waals surface area contributed by atoms with Gasteiger partial charge in [-0.25, -0.2) is 0 Å². The van der Waals surface area contributed by atoms with E-state index in [1.54, 1.807) is 24.3 Å². The Morgan fingerprint density at radius 1 is 0.821 bits per heavy atom. The lowest BCUT2D eigenvalue weighted by Gasteiger charge is -2.24. The Morgan fingerprint density at radius 3 is 2.29 bits per heavy atom. The number of ketones is 2. The van der Waals surface area contributed by atoms with E-state index < -0.39 is 0 Å². The highest BCUT2D eigenvalue weighted by Crippen LogP contribution is 2.43. The van der Waals surface area contributed by atoms with Crippen LogP contribution in [0.3, 0.4) is 0 Å². The van der Waals surface area contributed by atoms with Gasteiger partial charge in [0.15, 0.2) is 11.5 Å². The van der Waals surface area contributed by atoms with E-state index in [1.165, 1.54) is 19.3 Å². The fourth-order valence-electron chi connectivity index (χ4n) is 5.06. The third-order valence-corrected chi connectivity index (χ3v) is 6.33. The highest BCUT2D eigenvalue weighted by Gasteiger charge is 2.37. The largest absolute Gasteiger partial charge is 0.435 e. The first kappa shape index (κ1) is 15.9. The summed E-state index contributed by atoms with van der Waals surface area (Å²) in [5.74, 6) is -0.111. The van der Waals surface area contributed by atoms with Gasteiger partial charge in [-0.15, -0.1) is 0 Å². The van der Waals surface area contributed by atoms with E-state index in [0.717, 1.165) is 29.1 Å². The molecule has 0 amide bonds. The van der Waals surface area contributed by atoms with E-state index in [-0.39, 0.29) is 17.3 Å². The molecule has 2 aromatic heterocycles. The van der Waals surface area contributed by atoms with Crippen LogP contribution >= 0.6 is 0 Å². The summed E-state index contributed by atoms with van der Waals surface area (Å²) in [5, 5.41) is 1.79. The number of rotatable bonds is 1. The molecular formula is C24H19NO3. The van der Waals surface area contributed by atoms with Crippen molar-refractivity contribution in [3.05, 3.63) is 71.0 Å². The van der Waals surface area contributed by atoms with Gasteiger partial charge >= 0.3 is 0 Å². The summed E-state index contributed by atoms with van der Waals surface area (Å²) in [6, 6.07) is 15.5. The summed E-state index contributed by atoms with van der Waals surface area (Å²) >= 11 is 0. The van der Waals surface area contributed by atoms with Crippen molar-refractivity contribution in [3.8, 4) is 0 Å². The number of para-hydroxylation sites is 1. The van der Waals surface area contributed by atoms with Crippen LogP contribution in [0.15, 0.2) is 52.9 Å². The third kappa shape index (κ3) is 1.95. The molecule has 0 unspecified atom stereocenters. The molecule has 138 valence electrons. The molecule has 6 rings (SSSR count). The first-order valence-electron chi connectivity index (χ1n) is 9.99. The van der Waals surface area contributed by atoms with Crippen molar-refractivity contribution < 1.29 is 14.0 Å². The fourth-order valence-corrected chi connectivity index (χ4v) is 5.06. The van der Waals surface area contributed by atoms with Crippen molar-refractivity contribution in [3.63, 3.8) is 0 Å². The molecular weight excluding hydrogens is 350 g/mol. The van der Waals surface area contributed by atoms with Crippen molar-refractivity contribution >= 4 is 33.6 Å². The first-order valence-corrected chi connectivity index (χ1v) is 9.99. The number of carbonyl (C=O) groups is 2. The van der Waals surface area contributed by atoms with Crippen LogP contribution in [0.2, 0.25) is 0 Å². The number of benzene rings is 2. The van der Waals surface area contributed by atoms with Gasteiger partial charge in [-0.2, -0.15) is 0 Å². The lowest BCUT2D eigenvalue weighted by atomic mass is 9.87. The van der Waals surface area contributed by atoms with E-state index in [4.69, 9.17) is 4.42 Å². The van der Waals surface area contributed by atoms with E-state index in [0.29, 0.717) is 28.4 Å². The summed E-state index contributed by atoms with van der Waals surface area (Å²) in [6.45, 7) is 0. The molecule has 2 heterocycles. The number of nitrogens with zero attached hydrogens (tertiary/aromatic N) is 1. The summed E-state index contributed by atoms with van der Waals surface area (Å²) in [4.78, 5) is 26.4. The van der Waals surface area contributed by atoms with Gasteiger partial charge < -0.3 is 8.98 Å². The molecule has 1 fully saturated rings. The Hall–Kier alpha value is -3.14. The van der Waals surface area contributed by atoms with Crippen molar-refractivity contribution in [1.82, 2.24) is 4.57 Å².